The Bertz CT molecular complexity index is 629. The lowest BCUT2D eigenvalue weighted by atomic mass is 10.0. The Kier molecular flexibility index (Phi) is 5.56. The summed E-state index contributed by atoms with van der Waals surface area (Å²) < 4.78 is 0. The van der Waals surface area contributed by atoms with Crippen molar-refractivity contribution >= 4 is 17.0 Å². The minimum atomic E-state index is -0.959. The zero-order valence-electron chi connectivity index (χ0n) is 12.0. The molecular formula is C14H17N3O4S. The average molecular weight is 323 g/mol. The molecule has 7 nitrogen and oxygen atoms in total. The molecule has 0 saturated carbocycles. The van der Waals surface area contributed by atoms with Crippen LogP contribution in [0.25, 0.3) is 0 Å². The van der Waals surface area contributed by atoms with Crippen LogP contribution in [0.2, 0.25) is 0 Å². The largest absolute Gasteiger partial charge is 0.395 e. The predicted octanol–water partition coefficient (Wildman–Crippen LogP) is 1.54. The molecule has 0 bridgehead atoms. The second-order valence-electron chi connectivity index (χ2n) is 4.82. The molecule has 0 fully saturated rings. The van der Waals surface area contributed by atoms with Crippen molar-refractivity contribution in [2.24, 2.45) is 0 Å². The van der Waals surface area contributed by atoms with Gasteiger partial charge in [-0.15, -0.1) is 11.3 Å². The number of hydrogen-bond acceptors (Lipinski definition) is 7. The molecular weight excluding hydrogens is 306 g/mol. The number of benzene rings is 1. The van der Waals surface area contributed by atoms with Crippen molar-refractivity contribution in [3.8, 4) is 0 Å². The maximum Gasteiger partial charge on any atom is 0.269 e. The highest BCUT2D eigenvalue weighted by Crippen LogP contribution is 2.21. The highest BCUT2D eigenvalue weighted by Gasteiger charge is 2.21. The van der Waals surface area contributed by atoms with E-state index in [0.29, 0.717) is 12.1 Å². The van der Waals surface area contributed by atoms with Crippen LogP contribution in [0.3, 0.4) is 0 Å². The SMILES string of the molecule is Cc1ncsc1CN[C@@H](CO)[C@@H](O)c1ccc([N+](=O)[O-])cc1. The van der Waals surface area contributed by atoms with E-state index in [-0.39, 0.29) is 12.3 Å². The van der Waals surface area contributed by atoms with Crippen molar-refractivity contribution in [1.29, 1.82) is 0 Å². The van der Waals surface area contributed by atoms with E-state index in [9.17, 15) is 20.3 Å². The Balaban J connectivity index is 2.03. The maximum atomic E-state index is 10.6. The van der Waals surface area contributed by atoms with E-state index >= 15 is 0 Å². The van der Waals surface area contributed by atoms with Crippen molar-refractivity contribution < 1.29 is 15.1 Å². The van der Waals surface area contributed by atoms with E-state index in [0.717, 1.165) is 10.6 Å². The fourth-order valence-corrected chi connectivity index (χ4v) is 2.75. The number of aliphatic hydroxyl groups excluding tert-OH is 2. The summed E-state index contributed by atoms with van der Waals surface area (Å²) in [6.45, 7) is 2.13. The Morgan fingerprint density at radius 3 is 2.59 bits per heavy atom. The van der Waals surface area contributed by atoms with Crippen LogP contribution in [-0.2, 0) is 6.54 Å². The molecule has 22 heavy (non-hydrogen) atoms. The zero-order valence-corrected chi connectivity index (χ0v) is 12.8. The summed E-state index contributed by atoms with van der Waals surface area (Å²) in [5.41, 5.74) is 3.13. The Morgan fingerprint density at radius 2 is 2.09 bits per heavy atom. The lowest BCUT2D eigenvalue weighted by molar-refractivity contribution is -0.384. The second kappa shape index (κ2) is 7.41. The second-order valence-corrected chi connectivity index (χ2v) is 5.76. The smallest absolute Gasteiger partial charge is 0.269 e. The molecule has 0 aliphatic rings. The van der Waals surface area contributed by atoms with Gasteiger partial charge in [0.15, 0.2) is 0 Å². The van der Waals surface area contributed by atoms with E-state index < -0.39 is 17.1 Å². The van der Waals surface area contributed by atoms with Gasteiger partial charge in [-0.25, -0.2) is 4.98 Å². The van der Waals surface area contributed by atoms with E-state index in [1.807, 2.05) is 6.92 Å². The summed E-state index contributed by atoms with van der Waals surface area (Å²) in [6.07, 6.45) is -0.959. The molecule has 3 N–H and O–H groups in total. The highest BCUT2D eigenvalue weighted by atomic mass is 32.1. The van der Waals surface area contributed by atoms with Gasteiger partial charge in [0, 0.05) is 23.6 Å². The maximum absolute atomic E-state index is 10.6. The topological polar surface area (TPSA) is 109 Å². The summed E-state index contributed by atoms with van der Waals surface area (Å²) in [4.78, 5) is 15.3. The number of aryl methyl sites for hydroxylation is 1. The molecule has 0 unspecified atom stereocenters. The molecule has 2 rings (SSSR count). The first-order valence-electron chi connectivity index (χ1n) is 6.68. The van der Waals surface area contributed by atoms with Crippen LogP contribution in [0, 0.1) is 17.0 Å². The Morgan fingerprint density at radius 1 is 1.41 bits per heavy atom. The molecule has 0 aliphatic heterocycles. The summed E-state index contributed by atoms with van der Waals surface area (Å²) in [7, 11) is 0. The van der Waals surface area contributed by atoms with Gasteiger partial charge in [-0.2, -0.15) is 0 Å². The molecule has 0 amide bonds. The number of nitro benzene ring substituents is 1. The van der Waals surface area contributed by atoms with Crippen molar-refractivity contribution in [1.82, 2.24) is 10.3 Å². The normalized spacial score (nSPS) is 13.8. The number of thiazole rings is 1. The molecule has 0 spiro atoms. The molecule has 1 aromatic carbocycles. The monoisotopic (exact) mass is 323 g/mol. The fourth-order valence-electron chi connectivity index (χ4n) is 2.02. The third-order valence-electron chi connectivity index (χ3n) is 3.39. The van der Waals surface area contributed by atoms with Crippen molar-refractivity contribution in [3.05, 3.63) is 56.0 Å². The van der Waals surface area contributed by atoms with Gasteiger partial charge in [-0.3, -0.25) is 10.1 Å². The van der Waals surface area contributed by atoms with Gasteiger partial charge in [-0.05, 0) is 24.6 Å². The van der Waals surface area contributed by atoms with Gasteiger partial charge >= 0.3 is 0 Å². The number of aromatic nitrogens is 1. The quantitative estimate of drug-likeness (QED) is 0.527. The lowest BCUT2D eigenvalue weighted by Crippen LogP contribution is -2.37. The van der Waals surface area contributed by atoms with Gasteiger partial charge in [0.2, 0.25) is 0 Å². The minimum absolute atomic E-state index is 0.0373. The zero-order chi connectivity index (χ0) is 16.1. The van der Waals surface area contributed by atoms with Crippen molar-refractivity contribution in [2.45, 2.75) is 25.6 Å². The lowest BCUT2D eigenvalue weighted by Gasteiger charge is -2.22. The van der Waals surface area contributed by atoms with E-state index in [1.54, 1.807) is 5.51 Å². The van der Waals surface area contributed by atoms with Crippen LogP contribution in [0.1, 0.15) is 22.2 Å². The number of nitro groups is 1. The third-order valence-corrected chi connectivity index (χ3v) is 4.33. The summed E-state index contributed by atoms with van der Waals surface area (Å²) >= 11 is 1.50. The van der Waals surface area contributed by atoms with Crippen LogP contribution >= 0.6 is 11.3 Å². The Hall–Kier alpha value is -1.87. The van der Waals surface area contributed by atoms with Crippen LogP contribution in [0.5, 0.6) is 0 Å². The van der Waals surface area contributed by atoms with E-state index in [4.69, 9.17) is 0 Å². The first kappa shape index (κ1) is 16.5. The number of non-ortho nitro benzene ring substituents is 1. The van der Waals surface area contributed by atoms with Crippen LogP contribution in [0.15, 0.2) is 29.8 Å². The van der Waals surface area contributed by atoms with E-state index in [1.165, 1.54) is 35.6 Å². The molecule has 2 aromatic rings. The molecule has 0 aliphatic carbocycles. The number of nitrogens with one attached hydrogen (secondary N) is 1. The number of aliphatic hydroxyl groups is 2. The molecule has 8 heteroatoms. The molecule has 1 aromatic heterocycles. The standard InChI is InChI=1S/C14H17N3O4S/c1-9-13(22-8-16-9)6-15-12(7-18)14(19)10-2-4-11(5-3-10)17(20)21/h2-5,8,12,14-15,18-19H,6-7H2,1H3/t12-,14-/m0/s1. The molecule has 0 radical (unpaired) electrons. The van der Waals surface area contributed by atoms with Gasteiger partial charge in [0.1, 0.15) is 0 Å². The first-order chi connectivity index (χ1) is 10.5. The van der Waals surface area contributed by atoms with Gasteiger partial charge < -0.3 is 15.5 Å². The van der Waals surface area contributed by atoms with Gasteiger partial charge in [-0.1, -0.05) is 0 Å². The number of hydrogen-bond donors (Lipinski definition) is 3. The average Bonchev–Trinajstić information content (AvgIpc) is 2.93. The summed E-state index contributed by atoms with van der Waals surface area (Å²) in [6, 6.07) is 5.08. The van der Waals surface area contributed by atoms with Crippen LogP contribution in [-0.4, -0.2) is 32.8 Å². The first-order valence-corrected chi connectivity index (χ1v) is 7.56. The van der Waals surface area contributed by atoms with Gasteiger partial charge in [0.25, 0.3) is 5.69 Å². The minimum Gasteiger partial charge on any atom is -0.395 e. The van der Waals surface area contributed by atoms with Crippen LogP contribution in [0.4, 0.5) is 5.69 Å². The summed E-state index contributed by atoms with van der Waals surface area (Å²) in [5, 5.41) is 33.5. The molecule has 2 atom stereocenters. The number of rotatable bonds is 7. The Labute approximate surface area is 131 Å². The predicted molar refractivity (Wildman–Crippen MR) is 82.6 cm³/mol. The van der Waals surface area contributed by atoms with Crippen LogP contribution < -0.4 is 5.32 Å². The fraction of sp³-hybridized carbons (Fsp3) is 0.357. The van der Waals surface area contributed by atoms with Crippen molar-refractivity contribution in [3.63, 3.8) is 0 Å². The molecule has 1 heterocycles. The third kappa shape index (κ3) is 3.86. The van der Waals surface area contributed by atoms with E-state index in [2.05, 4.69) is 10.3 Å². The highest BCUT2D eigenvalue weighted by molar-refractivity contribution is 7.09. The van der Waals surface area contributed by atoms with Gasteiger partial charge in [0.05, 0.1) is 34.9 Å². The van der Waals surface area contributed by atoms with Crippen molar-refractivity contribution in [2.75, 3.05) is 6.61 Å². The molecule has 118 valence electrons. The summed E-state index contributed by atoms with van der Waals surface area (Å²) in [5.74, 6) is 0. The number of nitrogens with zero attached hydrogens (tertiary/aromatic N) is 2. The molecule has 0 saturated heterocycles.